The molecule has 1 amide bonds. The van der Waals surface area contributed by atoms with Gasteiger partial charge < -0.3 is 10.2 Å². The molecule has 4 heteroatoms. The van der Waals surface area contributed by atoms with Crippen molar-refractivity contribution in [2.24, 2.45) is 0 Å². The fraction of sp³-hybridized carbons (Fsp3) is 0.500. The molecular formula is C18H23ClN2O. The summed E-state index contributed by atoms with van der Waals surface area (Å²) in [5.74, 6) is 0.0599. The van der Waals surface area contributed by atoms with Crippen molar-refractivity contribution in [2.75, 3.05) is 13.1 Å². The second kappa shape index (κ2) is 7.30. The topological polar surface area (TPSA) is 32.3 Å². The highest BCUT2D eigenvalue weighted by Crippen LogP contribution is 2.21. The molecule has 2 aliphatic rings. The molecule has 0 spiro atoms. The summed E-state index contributed by atoms with van der Waals surface area (Å²) >= 11 is 6.13. The van der Waals surface area contributed by atoms with Gasteiger partial charge in [-0.15, -0.1) is 0 Å². The number of nitrogens with zero attached hydrogens (tertiary/aromatic N) is 1. The fourth-order valence-electron chi connectivity index (χ4n) is 3.33. The number of amides is 1. The molecular weight excluding hydrogens is 296 g/mol. The Hall–Kier alpha value is -1.32. The molecule has 1 atom stereocenters. The monoisotopic (exact) mass is 318 g/mol. The van der Waals surface area contributed by atoms with Crippen LogP contribution in [0, 0.1) is 0 Å². The van der Waals surface area contributed by atoms with Crippen LogP contribution >= 0.6 is 11.6 Å². The molecule has 0 radical (unpaired) electrons. The molecule has 0 bridgehead atoms. The first-order valence-electron chi connectivity index (χ1n) is 8.19. The molecule has 1 aliphatic heterocycles. The number of hydrogen-bond donors (Lipinski definition) is 1. The van der Waals surface area contributed by atoms with E-state index in [0.29, 0.717) is 22.7 Å². The van der Waals surface area contributed by atoms with Gasteiger partial charge in [0.1, 0.15) is 0 Å². The van der Waals surface area contributed by atoms with Crippen molar-refractivity contribution < 1.29 is 4.79 Å². The van der Waals surface area contributed by atoms with Gasteiger partial charge >= 0.3 is 0 Å². The van der Waals surface area contributed by atoms with E-state index in [2.05, 4.69) is 17.5 Å². The highest BCUT2D eigenvalue weighted by molar-refractivity contribution is 6.33. The first-order valence-corrected chi connectivity index (χ1v) is 8.56. The molecule has 1 fully saturated rings. The summed E-state index contributed by atoms with van der Waals surface area (Å²) in [7, 11) is 0. The highest BCUT2D eigenvalue weighted by atomic mass is 35.5. The van der Waals surface area contributed by atoms with Crippen LogP contribution in [0.4, 0.5) is 0 Å². The van der Waals surface area contributed by atoms with E-state index in [1.165, 1.54) is 12.8 Å². The molecule has 1 saturated heterocycles. The predicted octanol–water partition coefficient (Wildman–Crippen LogP) is 3.64. The van der Waals surface area contributed by atoms with Crippen LogP contribution in [0.1, 0.15) is 42.5 Å². The lowest BCUT2D eigenvalue weighted by Gasteiger charge is -2.35. The lowest BCUT2D eigenvalue weighted by Crippen LogP contribution is -2.48. The average Bonchev–Trinajstić information content (AvgIpc) is 2.56. The van der Waals surface area contributed by atoms with Crippen LogP contribution in [-0.2, 0) is 0 Å². The zero-order valence-electron chi connectivity index (χ0n) is 12.8. The number of carbonyl (C=O) groups excluding carboxylic acids is 1. The molecule has 1 heterocycles. The number of rotatable bonds is 3. The standard InChI is InChI=1S/C18H23ClN2O/c19-17-9-5-4-8-16(17)18(22)21-12-10-15(11-13-21)20-14-6-2-1-3-7-14/h1-2,4-5,8-9,14-15,20H,3,6-7,10-13H2/t14-/m0/s1. The molecule has 1 aromatic carbocycles. The molecule has 22 heavy (non-hydrogen) atoms. The molecule has 1 aromatic rings. The van der Waals surface area contributed by atoms with Crippen molar-refractivity contribution in [3.63, 3.8) is 0 Å². The van der Waals surface area contributed by atoms with Crippen LogP contribution in [0.15, 0.2) is 36.4 Å². The van der Waals surface area contributed by atoms with E-state index in [1.807, 2.05) is 23.1 Å². The Morgan fingerprint density at radius 1 is 1.09 bits per heavy atom. The summed E-state index contributed by atoms with van der Waals surface area (Å²) in [6.45, 7) is 1.62. The molecule has 3 rings (SSSR count). The Balaban J connectivity index is 1.52. The summed E-state index contributed by atoms with van der Waals surface area (Å²) in [6, 6.07) is 8.45. The summed E-state index contributed by atoms with van der Waals surface area (Å²) in [5.41, 5.74) is 0.619. The molecule has 0 unspecified atom stereocenters. The summed E-state index contributed by atoms with van der Waals surface area (Å²) in [6.07, 6.45) is 10.1. The van der Waals surface area contributed by atoms with Gasteiger partial charge in [0.25, 0.3) is 5.91 Å². The number of nitrogens with one attached hydrogen (secondary N) is 1. The van der Waals surface area contributed by atoms with E-state index in [-0.39, 0.29) is 5.91 Å². The lowest BCUT2D eigenvalue weighted by atomic mass is 9.97. The van der Waals surface area contributed by atoms with Crippen LogP contribution in [-0.4, -0.2) is 36.0 Å². The van der Waals surface area contributed by atoms with Crippen molar-refractivity contribution in [2.45, 2.75) is 44.2 Å². The van der Waals surface area contributed by atoms with Crippen molar-refractivity contribution in [3.8, 4) is 0 Å². The molecule has 1 N–H and O–H groups in total. The van der Waals surface area contributed by atoms with Crippen LogP contribution < -0.4 is 5.32 Å². The largest absolute Gasteiger partial charge is 0.338 e. The van der Waals surface area contributed by atoms with Gasteiger partial charge in [-0.25, -0.2) is 0 Å². The number of piperidine rings is 1. The Morgan fingerprint density at radius 3 is 2.55 bits per heavy atom. The van der Waals surface area contributed by atoms with Gasteiger partial charge in [0, 0.05) is 25.2 Å². The van der Waals surface area contributed by atoms with E-state index in [1.54, 1.807) is 6.07 Å². The smallest absolute Gasteiger partial charge is 0.255 e. The summed E-state index contributed by atoms with van der Waals surface area (Å²) in [5, 5.41) is 4.30. The quantitative estimate of drug-likeness (QED) is 0.863. The normalized spacial score (nSPS) is 22.8. The Bertz CT molecular complexity index is 550. The first-order chi connectivity index (χ1) is 10.7. The minimum Gasteiger partial charge on any atom is -0.338 e. The summed E-state index contributed by atoms with van der Waals surface area (Å²) in [4.78, 5) is 14.5. The van der Waals surface area contributed by atoms with Gasteiger partial charge in [-0.1, -0.05) is 35.9 Å². The minimum absolute atomic E-state index is 0.0599. The maximum absolute atomic E-state index is 12.5. The fourth-order valence-corrected chi connectivity index (χ4v) is 3.55. The molecule has 3 nitrogen and oxygen atoms in total. The maximum Gasteiger partial charge on any atom is 0.255 e. The van der Waals surface area contributed by atoms with Crippen molar-refractivity contribution in [3.05, 3.63) is 47.0 Å². The van der Waals surface area contributed by atoms with E-state index >= 15 is 0 Å². The zero-order valence-corrected chi connectivity index (χ0v) is 13.6. The van der Waals surface area contributed by atoms with Gasteiger partial charge in [-0.3, -0.25) is 4.79 Å². The van der Waals surface area contributed by atoms with Gasteiger partial charge in [-0.2, -0.15) is 0 Å². The average molecular weight is 319 g/mol. The number of carbonyl (C=O) groups is 1. The number of likely N-dealkylation sites (tertiary alicyclic amines) is 1. The number of hydrogen-bond acceptors (Lipinski definition) is 2. The van der Waals surface area contributed by atoms with Gasteiger partial charge in [0.2, 0.25) is 0 Å². The van der Waals surface area contributed by atoms with E-state index < -0.39 is 0 Å². The Morgan fingerprint density at radius 2 is 1.86 bits per heavy atom. The Labute approximate surface area is 137 Å². The molecule has 0 aromatic heterocycles. The van der Waals surface area contributed by atoms with Gasteiger partial charge in [0.05, 0.1) is 10.6 Å². The third-order valence-corrected chi connectivity index (χ3v) is 4.96. The van der Waals surface area contributed by atoms with Crippen LogP contribution in [0.5, 0.6) is 0 Å². The van der Waals surface area contributed by atoms with Crippen molar-refractivity contribution in [1.29, 1.82) is 0 Å². The number of allylic oxidation sites excluding steroid dienone is 1. The van der Waals surface area contributed by atoms with Crippen molar-refractivity contribution >= 4 is 17.5 Å². The van der Waals surface area contributed by atoms with E-state index in [9.17, 15) is 4.79 Å². The lowest BCUT2D eigenvalue weighted by molar-refractivity contribution is 0.0701. The van der Waals surface area contributed by atoms with Gasteiger partial charge in [0.15, 0.2) is 0 Å². The SMILES string of the molecule is O=C(c1ccccc1Cl)N1CCC(N[C@H]2CC=CCC2)CC1. The van der Waals surface area contributed by atoms with Crippen LogP contribution in [0.3, 0.4) is 0 Å². The van der Waals surface area contributed by atoms with Crippen LogP contribution in [0.25, 0.3) is 0 Å². The highest BCUT2D eigenvalue weighted by Gasteiger charge is 2.25. The summed E-state index contributed by atoms with van der Waals surface area (Å²) < 4.78 is 0. The van der Waals surface area contributed by atoms with Crippen LogP contribution in [0.2, 0.25) is 5.02 Å². The Kier molecular flexibility index (Phi) is 5.16. The zero-order chi connectivity index (χ0) is 15.4. The minimum atomic E-state index is 0.0599. The van der Waals surface area contributed by atoms with Gasteiger partial charge in [-0.05, 0) is 44.2 Å². The van der Waals surface area contributed by atoms with E-state index in [0.717, 1.165) is 32.4 Å². The second-order valence-corrected chi connectivity index (χ2v) is 6.60. The number of halogens is 1. The third kappa shape index (κ3) is 3.71. The third-order valence-electron chi connectivity index (χ3n) is 4.63. The van der Waals surface area contributed by atoms with E-state index in [4.69, 9.17) is 11.6 Å². The first kappa shape index (κ1) is 15.6. The van der Waals surface area contributed by atoms with Crippen molar-refractivity contribution in [1.82, 2.24) is 10.2 Å². The molecule has 1 aliphatic carbocycles. The number of benzene rings is 1. The predicted molar refractivity (Wildman–Crippen MR) is 90.3 cm³/mol. The molecule has 0 saturated carbocycles. The molecule has 118 valence electrons. The maximum atomic E-state index is 12.5. The second-order valence-electron chi connectivity index (χ2n) is 6.19.